The number of sulfonamides is 1. The standard InChI is InChI=1S/C12H22N2O5S/c1-8-10(12(16)17)6-5-7-14(8)20(18,19)9(2)11(15)13(3)4/h8-10H,5-7H2,1-4H3,(H,16,17)/t8-,9?,10-/m0/s1. The number of hydrogen-bond acceptors (Lipinski definition) is 4. The van der Waals surface area contributed by atoms with Gasteiger partial charge in [0.2, 0.25) is 15.9 Å². The van der Waals surface area contributed by atoms with Crippen molar-refractivity contribution in [3.8, 4) is 0 Å². The maximum atomic E-state index is 12.5. The SMILES string of the molecule is CC(C(=O)N(C)C)S(=O)(=O)N1CCC[C@H](C(=O)O)[C@@H]1C. The lowest BCUT2D eigenvalue weighted by atomic mass is 9.92. The van der Waals surface area contributed by atoms with Crippen molar-refractivity contribution in [3.63, 3.8) is 0 Å². The smallest absolute Gasteiger partial charge is 0.308 e. The first kappa shape index (κ1) is 16.9. The van der Waals surface area contributed by atoms with Crippen molar-refractivity contribution in [1.29, 1.82) is 0 Å². The Labute approximate surface area is 119 Å². The molecule has 0 saturated carbocycles. The van der Waals surface area contributed by atoms with E-state index in [-0.39, 0.29) is 6.54 Å². The Morgan fingerprint density at radius 1 is 1.35 bits per heavy atom. The topological polar surface area (TPSA) is 95.0 Å². The minimum atomic E-state index is -3.84. The minimum Gasteiger partial charge on any atom is -0.481 e. The van der Waals surface area contributed by atoms with Gasteiger partial charge in [-0.1, -0.05) is 0 Å². The molecule has 3 atom stereocenters. The Morgan fingerprint density at radius 2 is 1.90 bits per heavy atom. The summed E-state index contributed by atoms with van der Waals surface area (Å²) in [6.07, 6.45) is 0.946. The molecule has 1 N–H and O–H groups in total. The van der Waals surface area contributed by atoms with Crippen molar-refractivity contribution in [1.82, 2.24) is 9.21 Å². The first-order valence-corrected chi connectivity index (χ1v) is 8.05. The van der Waals surface area contributed by atoms with Gasteiger partial charge in [0, 0.05) is 26.7 Å². The van der Waals surface area contributed by atoms with Gasteiger partial charge in [-0.3, -0.25) is 9.59 Å². The van der Waals surface area contributed by atoms with E-state index in [0.29, 0.717) is 12.8 Å². The van der Waals surface area contributed by atoms with Gasteiger partial charge in [0.15, 0.2) is 5.25 Å². The van der Waals surface area contributed by atoms with Crippen LogP contribution >= 0.6 is 0 Å². The van der Waals surface area contributed by atoms with E-state index >= 15 is 0 Å². The van der Waals surface area contributed by atoms with Crippen LogP contribution in [-0.4, -0.2) is 66.5 Å². The van der Waals surface area contributed by atoms with Crippen molar-refractivity contribution in [2.24, 2.45) is 5.92 Å². The van der Waals surface area contributed by atoms with Crippen LogP contribution in [0.2, 0.25) is 0 Å². The van der Waals surface area contributed by atoms with E-state index in [1.165, 1.54) is 30.2 Å². The quantitative estimate of drug-likeness (QED) is 0.787. The molecule has 0 aromatic rings. The van der Waals surface area contributed by atoms with Crippen LogP contribution in [0.25, 0.3) is 0 Å². The molecule has 0 aromatic carbocycles. The van der Waals surface area contributed by atoms with Gasteiger partial charge < -0.3 is 10.0 Å². The number of rotatable bonds is 4. The van der Waals surface area contributed by atoms with Crippen LogP contribution in [0, 0.1) is 5.92 Å². The van der Waals surface area contributed by atoms with Gasteiger partial charge in [0.25, 0.3) is 0 Å². The molecule has 0 spiro atoms. The summed E-state index contributed by atoms with van der Waals surface area (Å²) < 4.78 is 26.2. The van der Waals surface area contributed by atoms with Gasteiger partial charge in [0.05, 0.1) is 5.92 Å². The second kappa shape index (κ2) is 6.09. The fourth-order valence-electron chi connectivity index (χ4n) is 2.50. The van der Waals surface area contributed by atoms with Crippen LogP contribution < -0.4 is 0 Å². The molecule has 1 aliphatic rings. The number of carboxylic acid groups (broad SMARTS) is 1. The lowest BCUT2D eigenvalue weighted by Gasteiger charge is -2.37. The van der Waals surface area contributed by atoms with Crippen molar-refractivity contribution in [2.75, 3.05) is 20.6 Å². The van der Waals surface area contributed by atoms with Crippen molar-refractivity contribution in [2.45, 2.75) is 38.0 Å². The zero-order valence-corrected chi connectivity index (χ0v) is 13.1. The highest BCUT2D eigenvalue weighted by molar-refractivity contribution is 7.90. The second-order valence-electron chi connectivity index (χ2n) is 5.36. The van der Waals surface area contributed by atoms with Gasteiger partial charge in [-0.15, -0.1) is 0 Å². The number of piperidine rings is 1. The molecule has 8 heteroatoms. The highest BCUT2D eigenvalue weighted by Crippen LogP contribution is 2.28. The first-order chi connectivity index (χ1) is 9.10. The number of aliphatic carboxylic acids is 1. The van der Waals surface area contributed by atoms with Crippen molar-refractivity contribution < 1.29 is 23.1 Å². The molecule has 1 amide bonds. The highest BCUT2D eigenvalue weighted by Gasteiger charge is 2.43. The molecule has 0 bridgehead atoms. The van der Waals surface area contributed by atoms with E-state index in [4.69, 9.17) is 5.11 Å². The highest BCUT2D eigenvalue weighted by atomic mass is 32.2. The Bertz CT molecular complexity index is 488. The fourth-order valence-corrected chi connectivity index (χ4v) is 4.36. The molecular formula is C12H22N2O5S. The molecule has 1 aliphatic heterocycles. The molecule has 1 heterocycles. The van der Waals surface area contributed by atoms with Crippen LogP contribution in [0.15, 0.2) is 0 Å². The van der Waals surface area contributed by atoms with Crippen LogP contribution in [0.1, 0.15) is 26.7 Å². The molecule has 1 fully saturated rings. The Hall–Kier alpha value is -1.15. The van der Waals surface area contributed by atoms with E-state index in [1.54, 1.807) is 6.92 Å². The number of carbonyl (C=O) groups excluding carboxylic acids is 1. The third kappa shape index (κ3) is 3.12. The predicted octanol–water partition coefficient (Wildman–Crippen LogP) is -0.0220. The lowest BCUT2D eigenvalue weighted by Crippen LogP contribution is -2.53. The molecule has 1 unspecified atom stereocenters. The summed E-state index contributed by atoms with van der Waals surface area (Å²) in [6, 6.07) is -0.635. The number of carbonyl (C=O) groups is 2. The van der Waals surface area contributed by atoms with Crippen LogP contribution in [-0.2, 0) is 19.6 Å². The maximum absolute atomic E-state index is 12.5. The van der Waals surface area contributed by atoms with Gasteiger partial charge in [0.1, 0.15) is 0 Å². The largest absolute Gasteiger partial charge is 0.481 e. The summed E-state index contributed by atoms with van der Waals surface area (Å²) >= 11 is 0. The van der Waals surface area contributed by atoms with Gasteiger partial charge in [-0.2, -0.15) is 4.31 Å². The molecule has 7 nitrogen and oxygen atoms in total. The summed E-state index contributed by atoms with van der Waals surface area (Å²) in [5.74, 6) is -2.22. The molecule has 1 saturated heterocycles. The molecular weight excluding hydrogens is 284 g/mol. The average molecular weight is 306 g/mol. The van der Waals surface area contributed by atoms with E-state index in [0.717, 1.165) is 0 Å². The number of hydrogen-bond donors (Lipinski definition) is 1. The number of nitrogens with zero attached hydrogens (tertiary/aromatic N) is 2. The van der Waals surface area contributed by atoms with E-state index in [2.05, 4.69) is 0 Å². The molecule has 1 rings (SSSR count). The Balaban J connectivity index is 3.02. The van der Waals surface area contributed by atoms with Crippen LogP contribution in [0.3, 0.4) is 0 Å². The summed E-state index contributed by atoms with van der Waals surface area (Å²) in [5, 5.41) is 7.93. The predicted molar refractivity (Wildman–Crippen MR) is 73.6 cm³/mol. The van der Waals surface area contributed by atoms with Gasteiger partial charge in [-0.05, 0) is 26.7 Å². The van der Waals surface area contributed by atoms with Crippen LogP contribution in [0.5, 0.6) is 0 Å². The maximum Gasteiger partial charge on any atom is 0.308 e. The number of amides is 1. The second-order valence-corrected chi connectivity index (χ2v) is 7.56. The van der Waals surface area contributed by atoms with E-state index in [1.807, 2.05) is 0 Å². The average Bonchev–Trinajstić information content (AvgIpc) is 2.36. The normalized spacial score (nSPS) is 26.0. The molecule has 116 valence electrons. The van der Waals surface area contributed by atoms with Crippen molar-refractivity contribution in [3.05, 3.63) is 0 Å². The van der Waals surface area contributed by atoms with Gasteiger partial charge >= 0.3 is 5.97 Å². The third-order valence-corrected chi connectivity index (χ3v) is 6.07. The summed E-state index contributed by atoms with van der Waals surface area (Å²) in [6.45, 7) is 3.19. The summed E-state index contributed by atoms with van der Waals surface area (Å²) in [5.41, 5.74) is 0. The molecule has 0 aromatic heterocycles. The zero-order valence-electron chi connectivity index (χ0n) is 12.2. The third-order valence-electron chi connectivity index (χ3n) is 3.81. The monoisotopic (exact) mass is 306 g/mol. The first-order valence-electron chi connectivity index (χ1n) is 6.55. The summed E-state index contributed by atoms with van der Waals surface area (Å²) in [7, 11) is -0.855. The van der Waals surface area contributed by atoms with Crippen molar-refractivity contribution >= 4 is 21.9 Å². The minimum absolute atomic E-state index is 0.262. The fraction of sp³-hybridized carbons (Fsp3) is 0.833. The van der Waals surface area contributed by atoms with E-state index < -0.39 is 39.1 Å². The van der Waals surface area contributed by atoms with Gasteiger partial charge in [-0.25, -0.2) is 8.42 Å². The molecule has 20 heavy (non-hydrogen) atoms. The Kier molecular flexibility index (Phi) is 5.15. The summed E-state index contributed by atoms with van der Waals surface area (Å²) in [4.78, 5) is 24.2. The molecule has 0 aliphatic carbocycles. The van der Waals surface area contributed by atoms with Crippen LogP contribution in [0.4, 0.5) is 0 Å². The number of carboxylic acids is 1. The Morgan fingerprint density at radius 3 is 2.35 bits per heavy atom. The molecule has 0 radical (unpaired) electrons. The lowest BCUT2D eigenvalue weighted by molar-refractivity contribution is -0.144. The zero-order chi connectivity index (χ0) is 15.7. The van der Waals surface area contributed by atoms with E-state index in [9.17, 15) is 18.0 Å².